The number of guanidine groups is 1. The average molecular weight is 504 g/mol. The van der Waals surface area contributed by atoms with Gasteiger partial charge in [-0.15, -0.1) is 24.0 Å². The summed E-state index contributed by atoms with van der Waals surface area (Å²) in [6.45, 7) is 6.04. The van der Waals surface area contributed by atoms with Crippen LogP contribution in [-0.2, 0) is 5.60 Å². The molecule has 1 unspecified atom stereocenters. The van der Waals surface area contributed by atoms with Crippen LogP contribution in [0.5, 0.6) is 0 Å². The summed E-state index contributed by atoms with van der Waals surface area (Å²) in [4.78, 5) is 6.46. The van der Waals surface area contributed by atoms with Gasteiger partial charge < -0.3 is 25.1 Å². The van der Waals surface area contributed by atoms with Gasteiger partial charge in [-0.3, -0.25) is 0 Å². The Bertz CT molecular complexity index is 723. The van der Waals surface area contributed by atoms with Gasteiger partial charge in [0.1, 0.15) is 17.2 Å². The summed E-state index contributed by atoms with van der Waals surface area (Å²) in [5.41, 5.74) is -0.311. The van der Waals surface area contributed by atoms with Crippen molar-refractivity contribution in [1.82, 2.24) is 10.6 Å². The summed E-state index contributed by atoms with van der Waals surface area (Å²) in [5.74, 6) is 0.888. The van der Waals surface area contributed by atoms with Crippen LogP contribution in [0, 0.1) is 5.82 Å². The third-order valence-corrected chi connectivity index (χ3v) is 4.15. The van der Waals surface area contributed by atoms with Gasteiger partial charge in [0.15, 0.2) is 5.96 Å². The first-order valence-corrected chi connectivity index (χ1v) is 9.17. The number of nitrogens with zero attached hydrogens (tertiary/aromatic N) is 2. The lowest BCUT2D eigenvalue weighted by Crippen LogP contribution is -2.40. The Balaban J connectivity index is 0.00000392. The van der Waals surface area contributed by atoms with E-state index in [2.05, 4.69) is 15.6 Å². The second-order valence-electron chi connectivity index (χ2n) is 6.63. The second-order valence-corrected chi connectivity index (χ2v) is 6.63. The van der Waals surface area contributed by atoms with Crippen molar-refractivity contribution in [3.63, 3.8) is 0 Å². The van der Waals surface area contributed by atoms with E-state index in [1.807, 2.05) is 24.9 Å². The Hall–Kier alpha value is -1.81. The highest BCUT2D eigenvalue weighted by atomic mass is 127. The molecule has 1 atom stereocenters. The van der Waals surface area contributed by atoms with Crippen LogP contribution in [0.15, 0.2) is 52.1 Å². The molecule has 0 spiro atoms. The van der Waals surface area contributed by atoms with Gasteiger partial charge in [-0.1, -0.05) is 6.07 Å². The summed E-state index contributed by atoms with van der Waals surface area (Å²) in [6.07, 6.45) is 2.39. The highest BCUT2D eigenvalue weighted by molar-refractivity contribution is 14.0. The standard InChI is InChI=1S/C20H29FN4O2.HI/c1-4-22-19(24-15-20(2,26)18-10-6-13-27-18)23-11-7-12-25(3)17-9-5-8-16(21)14-17;/h5-6,8-10,13-14,26H,4,7,11-12,15H2,1-3H3,(H2,22,23,24);1H. The van der Waals surface area contributed by atoms with Crippen LogP contribution in [0.25, 0.3) is 0 Å². The van der Waals surface area contributed by atoms with Crippen molar-refractivity contribution in [2.45, 2.75) is 25.9 Å². The van der Waals surface area contributed by atoms with Crippen molar-refractivity contribution in [1.29, 1.82) is 0 Å². The van der Waals surface area contributed by atoms with E-state index < -0.39 is 5.60 Å². The number of hydrogen-bond donors (Lipinski definition) is 3. The van der Waals surface area contributed by atoms with Gasteiger partial charge in [-0.05, 0) is 50.6 Å². The van der Waals surface area contributed by atoms with Gasteiger partial charge >= 0.3 is 0 Å². The molecule has 0 saturated carbocycles. The van der Waals surface area contributed by atoms with E-state index >= 15 is 0 Å². The summed E-state index contributed by atoms with van der Waals surface area (Å²) >= 11 is 0. The fourth-order valence-corrected chi connectivity index (χ4v) is 2.60. The number of hydrogen-bond acceptors (Lipinski definition) is 4. The van der Waals surface area contributed by atoms with Gasteiger partial charge in [0, 0.05) is 32.4 Å². The molecule has 6 nitrogen and oxygen atoms in total. The number of nitrogens with one attached hydrogen (secondary N) is 2. The van der Waals surface area contributed by atoms with Crippen LogP contribution in [0.1, 0.15) is 26.0 Å². The summed E-state index contributed by atoms with van der Waals surface area (Å²) < 4.78 is 18.6. The van der Waals surface area contributed by atoms with Gasteiger partial charge in [0.2, 0.25) is 0 Å². The topological polar surface area (TPSA) is 73.0 Å². The minimum atomic E-state index is -1.16. The van der Waals surface area contributed by atoms with Crippen molar-refractivity contribution in [2.75, 3.05) is 38.1 Å². The molecule has 8 heteroatoms. The fourth-order valence-electron chi connectivity index (χ4n) is 2.60. The lowest BCUT2D eigenvalue weighted by molar-refractivity contribution is 0.0437. The molecule has 0 radical (unpaired) electrons. The number of furan rings is 1. The number of anilines is 1. The smallest absolute Gasteiger partial charge is 0.191 e. The largest absolute Gasteiger partial charge is 0.466 e. The van der Waals surface area contributed by atoms with Gasteiger partial charge in [-0.25, -0.2) is 9.38 Å². The Kier molecular flexibility index (Phi) is 10.3. The Morgan fingerprint density at radius 1 is 1.29 bits per heavy atom. The second kappa shape index (κ2) is 11.9. The highest BCUT2D eigenvalue weighted by Crippen LogP contribution is 2.21. The number of aliphatic hydroxyl groups is 1. The van der Waals surface area contributed by atoms with Crippen LogP contribution in [-0.4, -0.2) is 44.3 Å². The zero-order valence-corrected chi connectivity index (χ0v) is 18.9. The Morgan fingerprint density at radius 2 is 2.07 bits per heavy atom. The average Bonchev–Trinajstić information content (AvgIpc) is 3.18. The molecule has 0 fully saturated rings. The molecule has 0 bridgehead atoms. The van der Waals surface area contributed by atoms with Crippen LogP contribution in [0.3, 0.4) is 0 Å². The number of benzene rings is 1. The van der Waals surface area contributed by atoms with Crippen LogP contribution in [0.4, 0.5) is 10.1 Å². The first-order valence-electron chi connectivity index (χ1n) is 9.17. The molecule has 28 heavy (non-hydrogen) atoms. The summed E-state index contributed by atoms with van der Waals surface area (Å²) in [7, 11) is 1.94. The highest BCUT2D eigenvalue weighted by Gasteiger charge is 2.26. The van der Waals surface area contributed by atoms with Gasteiger partial charge in [0.05, 0.1) is 12.8 Å². The molecule has 0 aliphatic carbocycles. The predicted octanol–water partition coefficient (Wildman–Crippen LogP) is 3.33. The normalized spacial score (nSPS) is 13.4. The molecular formula is C20H30FIN4O2. The SMILES string of the molecule is CCNC(=NCC(C)(O)c1ccco1)NCCCN(C)c1cccc(F)c1.I. The van der Waals surface area contributed by atoms with E-state index in [4.69, 9.17) is 4.42 Å². The minimum absolute atomic E-state index is 0. The van der Waals surface area contributed by atoms with Crippen molar-refractivity contribution in [2.24, 2.45) is 4.99 Å². The number of aliphatic imine (C=N–C) groups is 1. The molecule has 3 N–H and O–H groups in total. The molecule has 2 aromatic rings. The van der Waals surface area contributed by atoms with Crippen molar-refractivity contribution < 1.29 is 13.9 Å². The predicted molar refractivity (Wildman–Crippen MR) is 122 cm³/mol. The van der Waals surface area contributed by atoms with E-state index in [-0.39, 0.29) is 36.3 Å². The van der Waals surface area contributed by atoms with Crippen LogP contribution >= 0.6 is 24.0 Å². The van der Waals surface area contributed by atoms with E-state index in [9.17, 15) is 9.50 Å². The number of rotatable bonds is 9. The molecule has 0 amide bonds. The Labute approximate surface area is 183 Å². The quantitative estimate of drug-likeness (QED) is 0.212. The zero-order chi connectivity index (χ0) is 19.7. The molecule has 1 aromatic carbocycles. The number of halogens is 2. The minimum Gasteiger partial charge on any atom is -0.466 e. The maximum atomic E-state index is 13.3. The molecule has 1 aromatic heterocycles. The van der Waals surface area contributed by atoms with Gasteiger partial charge in [0.25, 0.3) is 0 Å². The zero-order valence-electron chi connectivity index (χ0n) is 16.6. The van der Waals surface area contributed by atoms with Crippen molar-refractivity contribution in [3.8, 4) is 0 Å². The monoisotopic (exact) mass is 504 g/mol. The maximum absolute atomic E-state index is 13.3. The van der Waals surface area contributed by atoms with Gasteiger partial charge in [-0.2, -0.15) is 0 Å². The van der Waals surface area contributed by atoms with E-state index in [0.29, 0.717) is 18.3 Å². The van der Waals surface area contributed by atoms with E-state index in [0.717, 1.165) is 25.2 Å². The Morgan fingerprint density at radius 3 is 2.71 bits per heavy atom. The summed E-state index contributed by atoms with van der Waals surface area (Å²) in [5, 5.41) is 16.9. The molecule has 2 rings (SSSR count). The molecule has 1 heterocycles. The van der Waals surface area contributed by atoms with Crippen molar-refractivity contribution in [3.05, 3.63) is 54.2 Å². The fraction of sp³-hybridized carbons (Fsp3) is 0.450. The molecule has 0 saturated heterocycles. The van der Waals surface area contributed by atoms with Crippen LogP contribution in [0.2, 0.25) is 0 Å². The third-order valence-electron chi connectivity index (χ3n) is 4.15. The van der Waals surface area contributed by atoms with Crippen LogP contribution < -0.4 is 15.5 Å². The lowest BCUT2D eigenvalue weighted by atomic mass is 10.0. The lowest BCUT2D eigenvalue weighted by Gasteiger charge is -2.21. The maximum Gasteiger partial charge on any atom is 0.191 e. The first-order chi connectivity index (χ1) is 12.9. The third kappa shape index (κ3) is 7.67. The van der Waals surface area contributed by atoms with E-state index in [1.54, 1.807) is 25.1 Å². The first kappa shape index (κ1) is 24.2. The molecule has 156 valence electrons. The molecule has 0 aliphatic rings. The van der Waals surface area contributed by atoms with E-state index in [1.165, 1.54) is 18.4 Å². The summed E-state index contributed by atoms with van der Waals surface area (Å²) in [6, 6.07) is 10.0. The molecule has 0 aliphatic heterocycles. The molecular weight excluding hydrogens is 474 g/mol. The van der Waals surface area contributed by atoms with Crippen molar-refractivity contribution >= 4 is 35.6 Å².